The molecular formula is C21H23ClN2O5. The molecule has 0 aliphatic carbocycles. The van der Waals surface area contributed by atoms with Gasteiger partial charge in [0, 0.05) is 23.7 Å². The molecule has 0 fully saturated rings. The molecule has 0 heterocycles. The Morgan fingerprint density at radius 1 is 1.10 bits per heavy atom. The molecule has 0 aromatic heterocycles. The zero-order valence-corrected chi connectivity index (χ0v) is 17.4. The maximum absolute atomic E-state index is 12.4. The molecule has 0 bridgehead atoms. The van der Waals surface area contributed by atoms with Crippen LogP contribution in [0.5, 0.6) is 5.75 Å². The highest BCUT2D eigenvalue weighted by molar-refractivity contribution is 6.31. The Kier molecular flexibility index (Phi) is 7.61. The van der Waals surface area contributed by atoms with Crippen molar-refractivity contribution in [3.63, 3.8) is 0 Å². The van der Waals surface area contributed by atoms with Gasteiger partial charge in [0.2, 0.25) is 5.91 Å². The second kappa shape index (κ2) is 9.93. The Balaban J connectivity index is 1.94. The number of rotatable bonds is 7. The number of nitrogens with one attached hydrogen (secondary N) is 2. The Bertz CT molecular complexity index is 912. The molecule has 0 spiro atoms. The highest BCUT2D eigenvalue weighted by Gasteiger charge is 2.20. The van der Waals surface area contributed by atoms with Gasteiger partial charge in [0.1, 0.15) is 5.75 Å². The van der Waals surface area contributed by atoms with Crippen molar-refractivity contribution in [1.82, 2.24) is 0 Å². The van der Waals surface area contributed by atoms with Crippen LogP contribution in [0.25, 0.3) is 0 Å². The van der Waals surface area contributed by atoms with Gasteiger partial charge in [0.05, 0.1) is 19.2 Å². The van der Waals surface area contributed by atoms with Gasteiger partial charge in [-0.2, -0.15) is 0 Å². The smallest absolute Gasteiger partial charge is 0.311 e. The van der Waals surface area contributed by atoms with Gasteiger partial charge in [0.25, 0.3) is 5.91 Å². The summed E-state index contributed by atoms with van der Waals surface area (Å²) in [4.78, 5) is 35.6. The SMILES string of the molecule is COc1cc(Cl)c(C)cc1NC(=O)[C@H](C)OC(=O)Cc1ccc(NC(C)=O)cc1. The van der Waals surface area contributed by atoms with E-state index in [1.54, 1.807) is 43.3 Å². The molecule has 7 nitrogen and oxygen atoms in total. The summed E-state index contributed by atoms with van der Waals surface area (Å²) in [5.74, 6) is -0.796. The van der Waals surface area contributed by atoms with Gasteiger partial charge in [-0.05, 0) is 43.2 Å². The first kappa shape index (κ1) is 22.2. The first-order chi connectivity index (χ1) is 13.7. The van der Waals surface area contributed by atoms with Crippen molar-refractivity contribution in [3.05, 3.63) is 52.5 Å². The van der Waals surface area contributed by atoms with Crippen molar-refractivity contribution >= 4 is 40.8 Å². The van der Waals surface area contributed by atoms with Gasteiger partial charge in [0.15, 0.2) is 6.10 Å². The van der Waals surface area contributed by atoms with E-state index in [2.05, 4.69) is 10.6 Å². The van der Waals surface area contributed by atoms with Crippen LogP contribution in [0.4, 0.5) is 11.4 Å². The summed E-state index contributed by atoms with van der Waals surface area (Å²) in [7, 11) is 1.47. The third kappa shape index (κ3) is 6.50. The summed E-state index contributed by atoms with van der Waals surface area (Å²) in [6, 6.07) is 10.1. The summed E-state index contributed by atoms with van der Waals surface area (Å²) in [5, 5.41) is 5.85. The van der Waals surface area contributed by atoms with Crippen molar-refractivity contribution < 1.29 is 23.9 Å². The van der Waals surface area contributed by atoms with Crippen LogP contribution in [0.3, 0.4) is 0 Å². The van der Waals surface area contributed by atoms with E-state index in [9.17, 15) is 14.4 Å². The van der Waals surface area contributed by atoms with Gasteiger partial charge in [-0.1, -0.05) is 23.7 Å². The predicted octanol–water partition coefficient (Wildman–Crippen LogP) is 3.73. The normalized spacial score (nSPS) is 11.3. The zero-order chi connectivity index (χ0) is 21.6. The minimum atomic E-state index is -0.998. The van der Waals surface area contributed by atoms with Crippen LogP contribution in [0.1, 0.15) is 25.0 Å². The van der Waals surface area contributed by atoms with Crippen LogP contribution in [-0.2, 0) is 25.5 Å². The molecule has 2 amide bonds. The largest absolute Gasteiger partial charge is 0.495 e. The van der Waals surface area contributed by atoms with E-state index < -0.39 is 18.0 Å². The molecule has 29 heavy (non-hydrogen) atoms. The summed E-state index contributed by atoms with van der Waals surface area (Å²) in [6.45, 7) is 4.71. The molecular weight excluding hydrogens is 396 g/mol. The number of carbonyl (C=O) groups excluding carboxylic acids is 3. The standard InChI is InChI=1S/C21H23ClN2O5/c1-12-9-18(19(28-4)11-17(12)22)24-21(27)13(2)29-20(26)10-15-5-7-16(8-6-15)23-14(3)25/h5-9,11,13H,10H2,1-4H3,(H,23,25)(H,24,27)/t13-/m0/s1. The molecule has 2 aromatic rings. The molecule has 2 rings (SSSR count). The van der Waals surface area contributed by atoms with Gasteiger partial charge in [-0.15, -0.1) is 0 Å². The van der Waals surface area contributed by atoms with Crippen LogP contribution in [0.15, 0.2) is 36.4 Å². The maximum atomic E-state index is 12.4. The fourth-order valence-corrected chi connectivity index (χ4v) is 2.69. The predicted molar refractivity (Wildman–Crippen MR) is 111 cm³/mol. The monoisotopic (exact) mass is 418 g/mol. The first-order valence-corrected chi connectivity index (χ1v) is 9.28. The van der Waals surface area contributed by atoms with Crippen LogP contribution >= 0.6 is 11.6 Å². The lowest BCUT2D eigenvalue weighted by Gasteiger charge is -2.16. The first-order valence-electron chi connectivity index (χ1n) is 8.90. The summed E-state index contributed by atoms with van der Waals surface area (Å²) in [6.07, 6.45) is -0.997. The second-order valence-electron chi connectivity index (χ2n) is 6.48. The third-order valence-electron chi connectivity index (χ3n) is 4.04. The lowest BCUT2D eigenvalue weighted by molar-refractivity contribution is -0.152. The fourth-order valence-electron chi connectivity index (χ4n) is 2.53. The van der Waals surface area contributed by atoms with Gasteiger partial charge < -0.3 is 20.1 Å². The number of anilines is 2. The Morgan fingerprint density at radius 3 is 2.34 bits per heavy atom. The van der Waals surface area contributed by atoms with Crippen molar-refractivity contribution in [2.75, 3.05) is 17.7 Å². The quantitative estimate of drug-likeness (QED) is 0.668. The Labute approximate surface area is 174 Å². The number of halogens is 1. The summed E-state index contributed by atoms with van der Waals surface area (Å²) in [5.41, 5.74) is 2.55. The molecule has 0 aliphatic rings. The molecule has 2 N–H and O–H groups in total. The number of ether oxygens (including phenoxy) is 2. The minimum Gasteiger partial charge on any atom is -0.495 e. The number of amides is 2. The highest BCUT2D eigenvalue weighted by atomic mass is 35.5. The van der Waals surface area contributed by atoms with E-state index in [1.807, 2.05) is 0 Å². The number of hydrogen-bond donors (Lipinski definition) is 2. The average Bonchev–Trinajstić information content (AvgIpc) is 2.65. The lowest BCUT2D eigenvalue weighted by Crippen LogP contribution is -2.30. The lowest BCUT2D eigenvalue weighted by atomic mass is 10.1. The number of methoxy groups -OCH3 is 1. The molecule has 8 heteroatoms. The highest BCUT2D eigenvalue weighted by Crippen LogP contribution is 2.31. The Hall–Kier alpha value is -3.06. The summed E-state index contributed by atoms with van der Waals surface area (Å²) >= 11 is 6.06. The molecule has 1 atom stereocenters. The van der Waals surface area contributed by atoms with Crippen molar-refractivity contribution in [1.29, 1.82) is 0 Å². The van der Waals surface area contributed by atoms with Gasteiger partial charge >= 0.3 is 5.97 Å². The topological polar surface area (TPSA) is 93.7 Å². The van der Waals surface area contributed by atoms with Gasteiger partial charge in [-0.25, -0.2) is 0 Å². The minimum absolute atomic E-state index is 0.00133. The molecule has 2 aromatic carbocycles. The van der Waals surface area contributed by atoms with Crippen molar-refractivity contribution in [2.45, 2.75) is 33.3 Å². The Morgan fingerprint density at radius 2 is 1.76 bits per heavy atom. The number of esters is 1. The fraction of sp³-hybridized carbons (Fsp3) is 0.286. The van der Waals surface area contributed by atoms with Gasteiger partial charge in [-0.3, -0.25) is 14.4 Å². The van der Waals surface area contributed by atoms with Crippen molar-refractivity contribution in [3.8, 4) is 5.75 Å². The van der Waals surface area contributed by atoms with E-state index in [0.717, 1.165) is 5.56 Å². The number of benzene rings is 2. The average molecular weight is 419 g/mol. The van der Waals surface area contributed by atoms with Crippen LogP contribution in [0, 0.1) is 6.92 Å². The molecule has 0 saturated carbocycles. The maximum Gasteiger partial charge on any atom is 0.311 e. The molecule has 0 radical (unpaired) electrons. The zero-order valence-electron chi connectivity index (χ0n) is 16.7. The van der Waals surface area contributed by atoms with E-state index in [-0.39, 0.29) is 12.3 Å². The molecule has 0 saturated heterocycles. The molecule has 154 valence electrons. The second-order valence-corrected chi connectivity index (χ2v) is 6.89. The van der Waals surface area contributed by atoms with E-state index in [1.165, 1.54) is 21.0 Å². The van der Waals surface area contributed by atoms with E-state index in [0.29, 0.717) is 27.7 Å². The number of aryl methyl sites for hydroxylation is 1. The number of carbonyl (C=O) groups is 3. The third-order valence-corrected chi connectivity index (χ3v) is 4.45. The van der Waals surface area contributed by atoms with Crippen LogP contribution < -0.4 is 15.4 Å². The van der Waals surface area contributed by atoms with Crippen LogP contribution in [-0.4, -0.2) is 31.0 Å². The van der Waals surface area contributed by atoms with Crippen molar-refractivity contribution in [2.24, 2.45) is 0 Å². The molecule has 0 unspecified atom stereocenters. The molecule has 0 aliphatic heterocycles. The number of hydrogen-bond acceptors (Lipinski definition) is 5. The summed E-state index contributed by atoms with van der Waals surface area (Å²) < 4.78 is 10.4. The van der Waals surface area contributed by atoms with E-state index in [4.69, 9.17) is 21.1 Å². The van der Waals surface area contributed by atoms with E-state index >= 15 is 0 Å². The van der Waals surface area contributed by atoms with Crippen LogP contribution in [0.2, 0.25) is 5.02 Å².